The van der Waals surface area contributed by atoms with E-state index in [4.69, 9.17) is 27.9 Å². The van der Waals surface area contributed by atoms with Gasteiger partial charge in [0.25, 0.3) is 5.91 Å². The van der Waals surface area contributed by atoms with E-state index in [2.05, 4.69) is 5.32 Å². The Morgan fingerprint density at radius 3 is 2.57 bits per heavy atom. The highest BCUT2D eigenvalue weighted by Crippen LogP contribution is 2.29. The SMILES string of the molecule is CCc1ccc(Cl)c(CC)c1NC(=O)COc1cccc(Cl)c1. The van der Waals surface area contributed by atoms with E-state index in [-0.39, 0.29) is 12.5 Å². The molecule has 2 aromatic carbocycles. The number of anilines is 1. The second kappa shape index (κ2) is 8.23. The summed E-state index contributed by atoms with van der Waals surface area (Å²) in [5.41, 5.74) is 2.80. The summed E-state index contributed by atoms with van der Waals surface area (Å²) >= 11 is 12.1. The molecule has 0 aliphatic rings. The minimum Gasteiger partial charge on any atom is -0.484 e. The number of nitrogens with one attached hydrogen (secondary N) is 1. The number of hydrogen-bond acceptors (Lipinski definition) is 2. The van der Waals surface area contributed by atoms with Crippen molar-refractivity contribution in [1.82, 2.24) is 0 Å². The van der Waals surface area contributed by atoms with Gasteiger partial charge in [0, 0.05) is 15.7 Å². The number of hydrogen-bond donors (Lipinski definition) is 1. The van der Waals surface area contributed by atoms with E-state index >= 15 is 0 Å². The summed E-state index contributed by atoms with van der Waals surface area (Å²) in [5, 5.41) is 4.16. The number of halogens is 2. The smallest absolute Gasteiger partial charge is 0.262 e. The lowest BCUT2D eigenvalue weighted by Gasteiger charge is -2.16. The van der Waals surface area contributed by atoms with Gasteiger partial charge in [-0.05, 0) is 48.2 Å². The van der Waals surface area contributed by atoms with Crippen molar-refractivity contribution in [2.24, 2.45) is 0 Å². The molecular formula is C18H19Cl2NO2. The predicted octanol–water partition coefficient (Wildman–Crippen LogP) is 5.14. The van der Waals surface area contributed by atoms with Crippen molar-refractivity contribution in [3.05, 3.63) is 57.6 Å². The van der Waals surface area contributed by atoms with Crippen LogP contribution < -0.4 is 10.1 Å². The van der Waals surface area contributed by atoms with Gasteiger partial charge in [-0.15, -0.1) is 0 Å². The summed E-state index contributed by atoms with van der Waals surface area (Å²) in [6.45, 7) is 3.97. The molecule has 0 saturated heterocycles. The molecule has 0 radical (unpaired) electrons. The summed E-state index contributed by atoms with van der Waals surface area (Å²) in [6, 6.07) is 10.8. The van der Waals surface area contributed by atoms with Crippen molar-refractivity contribution in [3.8, 4) is 5.75 Å². The number of ether oxygens (including phenoxy) is 1. The summed E-state index contributed by atoms with van der Waals surface area (Å²) in [7, 11) is 0. The first-order valence-corrected chi connectivity index (χ1v) is 8.29. The Kier molecular flexibility index (Phi) is 6.31. The number of carbonyl (C=O) groups is 1. The molecule has 122 valence electrons. The largest absolute Gasteiger partial charge is 0.484 e. The van der Waals surface area contributed by atoms with Crippen molar-refractivity contribution in [2.75, 3.05) is 11.9 Å². The second-order valence-corrected chi connectivity index (χ2v) is 5.91. The molecule has 0 heterocycles. The van der Waals surface area contributed by atoms with Gasteiger partial charge in [0.05, 0.1) is 0 Å². The van der Waals surface area contributed by atoms with Crippen molar-refractivity contribution >= 4 is 34.8 Å². The maximum atomic E-state index is 12.2. The van der Waals surface area contributed by atoms with Crippen LogP contribution in [-0.4, -0.2) is 12.5 Å². The summed E-state index contributed by atoms with van der Waals surface area (Å²) < 4.78 is 5.47. The molecule has 23 heavy (non-hydrogen) atoms. The normalized spacial score (nSPS) is 10.4. The Hall–Kier alpha value is -1.71. The number of amides is 1. The van der Waals surface area contributed by atoms with Crippen molar-refractivity contribution in [2.45, 2.75) is 26.7 Å². The molecule has 0 fully saturated rings. The maximum absolute atomic E-state index is 12.2. The molecule has 2 rings (SSSR count). The molecule has 0 bridgehead atoms. The van der Waals surface area contributed by atoms with Gasteiger partial charge >= 0.3 is 0 Å². The van der Waals surface area contributed by atoms with Gasteiger partial charge in [-0.2, -0.15) is 0 Å². The Labute approximate surface area is 146 Å². The predicted molar refractivity (Wildman–Crippen MR) is 95.8 cm³/mol. The van der Waals surface area contributed by atoms with E-state index in [1.807, 2.05) is 26.0 Å². The molecule has 0 aliphatic heterocycles. The Morgan fingerprint density at radius 1 is 1.13 bits per heavy atom. The van der Waals surface area contributed by atoms with Crippen LogP contribution in [0.2, 0.25) is 10.0 Å². The van der Waals surface area contributed by atoms with Crippen LogP contribution in [0.5, 0.6) is 5.75 Å². The molecule has 1 amide bonds. The van der Waals surface area contributed by atoms with Gasteiger partial charge < -0.3 is 10.1 Å². The molecule has 0 unspecified atom stereocenters. The molecule has 0 aromatic heterocycles. The molecule has 0 atom stereocenters. The zero-order chi connectivity index (χ0) is 16.8. The number of carbonyl (C=O) groups excluding carboxylic acids is 1. The van der Waals surface area contributed by atoms with Crippen LogP contribution in [0, 0.1) is 0 Å². The van der Waals surface area contributed by atoms with Crippen LogP contribution in [0.4, 0.5) is 5.69 Å². The Morgan fingerprint density at radius 2 is 1.91 bits per heavy atom. The summed E-state index contributed by atoms with van der Waals surface area (Å²) in [6.07, 6.45) is 1.56. The van der Waals surface area contributed by atoms with E-state index in [0.29, 0.717) is 15.8 Å². The lowest BCUT2D eigenvalue weighted by Crippen LogP contribution is -2.22. The molecule has 1 N–H and O–H groups in total. The molecule has 0 saturated carbocycles. The summed E-state index contributed by atoms with van der Waals surface area (Å²) in [5.74, 6) is 0.335. The highest BCUT2D eigenvalue weighted by Gasteiger charge is 2.13. The number of rotatable bonds is 6. The third-order valence-electron chi connectivity index (χ3n) is 3.51. The van der Waals surface area contributed by atoms with Crippen LogP contribution in [0.15, 0.2) is 36.4 Å². The first-order valence-electron chi connectivity index (χ1n) is 7.53. The third kappa shape index (κ3) is 4.63. The van der Waals surface area contributed by atoms with E-state index in [0.717, 1.165) is 29.7 Å². The topological polar surface area (TPSA) is 38.3 Å². The van der Waals surface area contributed by atoms with E-state index in [1.54, 1.807) is 24.3 Å². The zero-order valence-electron chi connectivity index (χ0n) is 13.2. The lowest BCUT2D eigenvalue weighted by atomic mass is 10.0. The van der Waals surface area contributed by atoms with E-state index in [1.165, 1.54) is 0 Å². The van der Waals surface area contributed by atoms with Crippen LogP contribution in [0.1, 0.15) is 25.0 Å². The molecule has 0 spiro atoms. The fraction of sp³-hybridized carbons (Fsp3) is 0.278. The monoisotopic (exact) mass is 351 g/mol. The van der Waals surface area contributed by atoms with Crippen LogP contribution >= 0.6 is 23.2 Å². The van der Waals surface area contributed by atoms with Crippen LogP contribution in [-0.2, 0) is 17.6 Å². The van der Waals surface area contributed by atoms with Crippen molar-refractivity contribution in [3.63, 3.8) is 0 Å². The van der Waals surface area contributed by atoms with Gasteiger partial charge in [-0.1, -0.05) is 49.2 Å². The van der Waals surface area contributed by atoms with Gasteiger partial charge in [0.15, 0.2) is 6.61 Å². The lowest BCUT2D eigenvalue weighted by molar-refractivity contribution is -0.118. The quantitative estimate of drug-likeness (QED) is 0.782. The zero-order valence-corrected chi connectivity index (χ0v) is 14.7. The fourth-order valence-corrected chi connectivity index (χ4v) is 2.82. The van der Waals surface area contributed by atoms with E-state index < -0.39 is 0 Å². The first-order chi connectivity index (χ1) is 11.0. The highest BCUT2D eigenvalue weighted by molar-refractivity contribution is 6.32. The van der Waals surface area contributed by atoms with Crippen LogP contribution in [0.25, 0.3) is 0 Å². The summed E-state index contributed by atoms with van der Waals surface area (Å²) in [4.78, 5) is 12.2. The second-order valence-electron chi connectivity index (χ2n) is 5.06. The Bertz CT molecular complexity index is 701. The fourth-order valence-electron chi connectivity index (χ4n) is 2.35. The van der Waals surface area contributed by atoms with Crippen molar-refractivity contribution in [1.29, 1.82) is 0 Å². The average Bonchev–Trinajstić information content (AvgIpc) is 2.53. The van der Waals surface area contributed by atoms with Gasteiger partial charge in [0.2, 0.25) is 0 Å². The van der Waals surface area contributed by atoms with Gasteiger partial charge in [-0.25, -0.2) is 0 Å². The first kappa shape index (κ1) is 17.6. The van der Waals surface area contributed by atoms with Gasteiger partial charge in [-0.3, -0.25) is 4.79 Å². The molecular weight excluding hydrogens is 333 g/mol. The van der Waals surface area contributed by atoms with Crippen molar-refractivity contribution < 1.29 is 9.53 Å². The highest BCUT2D eigenvalue weighted by atomic mass is 35.5. The number of aryl methyl sites for hydroxylation is 1. The Balaban J connectivity index is 2.09. The van der Waals surface area contributed by atoms with E-state index in [9.17, 15) is 4.79 Å². The number of benzene rings is 2. The third-order valence-corrected chi connectivity index (χ3v) is 4.10. The molecule has 5 heteroatoms. The standard InChI is InChI=1S/C18H19Cl2NO2/c1-3-12-8-9-16(20)15(4-2)18(12)21-17(22)11-23-14-7-5-6-13(19)10-14/h5-10H,3-4,11H2,1-2H3,(H,21,22). The minimum absolute atomic E-state index is 0.0842. The molecule has 2 aromatic rings. The molecule has 3 nitrogen and oxygen atoms in total. The molecule has 0 aliphatic carbocycles. The average molecular weight is 352 g/mol. The minimum atomic E-state index is -0.225. The van der Waals surface area contributed by atoms with Gasteiger partial charge in [0.1, 0.15) is 5.75 Å². The van der Waals surface area contributed by atoms with Crippen LogP contribution in [0.3, 0.4) is 0 Å². The maximum Gasteiger partial charge on any atom is 0.262 e.